The molecule has 0 spiro atoms. The van der Waals surface area contributed by atoms with Crippen molar-refractivity contribution in [3.63, 3.8) is 0 Å². The molecule has 2 rings (SSSR count). The standard InChI is InChI=1S/C11H14FN5/c1-2-7-17-11(14-15-16-17)8-13-10-6-4-3-5-9(10)12/h3-6,13H,2,7-8H2,1H3. The molecule has 1 aromatic heterocycles. The molecule has 0 saturated carbocycles. The third kappa shape index (κ3) is 2.77. The molecule has 0 aliphatic heterocycles. The third-order valence-corrected chi connectivity index (χ3v) is 2.35. The van der Waals surface area contributed by atoms with E-state index in [1.165, 1.54) is 6.07 Å². The number of halogens is 1. The van der Waals surface area contributed by atoms with Gasteiger partial charge in [-0.15, -0.1) is 5.10 Å². The summed E-state index contributed by atoms with van der Waals surface area (Å²) in [7, 11) is 0. The van der Waals surface area contributed by atoms with Crippen molar-refractivity contribution in [2.45, 2.75) is 26.4 Å². The molecule has 0 fully saturated rings. The lowest BCUT2D eigenvalue weighted by molar-refractivity contribution is 0.558. The Bertz CT molecular complexity index is 482. The van der Waals surface area contributed by atoms with E-state index in [-0.39, 0.29) is 5.82 Å². The lowest BCUT2D eigenvalue weighted by atomic mass is 10.3. The van der Waals surface area contributed by atoms with Crippen LogP contribution in [0.15, 0.2) is 24.3 Å². The van der Waals surface area contributed by atoms with E-state index >= 15 is 0 Å². The fourth-order valence-corrected chi connectivity index (χ4v) is 1.51. The van der Waals surface area contributed by atoms with E-state index in [2.05, 4.69) is 27.8 Å². The Morgan fingerprint density at radius 2 is 2.18 bits per heavy atom. The van der Waals surface area contributed by atoms with E-state index in [1.807, 2.05) is 0 Å². The molecule has 0 aliphatic carbocycles. The van der Waals surface area contributed by atoms with E-state index in [0.717, 1.165) is 13.0 Å². The minimum atomic E-state index is -0.276. The van der Waals surface area contributed by atoms with Crippen LogP contribution in [0.25, 0.3) is 0 Å². The van der Waals surface area contributed by atoms with Gasteiger partial charge < -0.3 is 5.32 Å². The van der Waals surface area contributed by atoms with Gasteiger partial charge in [-0.3, -0.25) is 0 Å². The number of para-hydroxylation sites is 1. The molecular formula is C11H14FN5. The predicted molar refractivity (Wildman–Crippen MR) is 61.8 cm³/mol. The van der Waals surface area contributed by atoms with Crippen molar-refractivity contribution in [3.05, 3.63) is 35.9 Å². The molecule has 0 radical (unpaired) electrons. The van der Waals surface area contributed by atoms with Gasteiger partial charge in [-0.2, -0.15) is 0 Å². The van der Waals surface area contributed by atoms with Gasteiger partial charge in [0.05, 0.1) is 12.2 Å². The zero-order chi connectivity index (χ0) is 12.1. The van der Waals surface area contributed by atoms with Crippen molar-refractivity contribution in [3.8, 4) is 0 Å². The molecule has 5 nitrogen and oxygen atoms in total. The fourth-order valence-electron chi connectivity index (χ4n) is 1.51. The Labute approximate surface area is 98.6 Å². The first-order valence-corrected chi connectivity index (χ1v) is 5.54. The maximum Gasteiger partial charge on any atom is 0.170 e. The van der Waals surface area contributed by atoms with Crippen LogP contribution in [0.2, 0.25) is 0 Å². The first kappa shape index (κ1) is 11.5. The summed E-state index contributed by atoms with van der Waals surface area (Å²) < 4.78 is 15.1. The molecule has 2 aromatic rings. The second-order valence-electron chi connectivity index (χ2n) is 3.65. The van der Waals surface area contributed by atoms with Crippen LogP contribution in [0.1, 0.15) is 19.2 Å². The Balaban J connectivity index is 2.02. The smallest absolute Gasteiger partial charge is 0.170 e. The molecule has 17 heavy (non-hydrogen) atoms. The van der Waals surface area contributed by atoms with Crippen LogP contribution in [0.5, 0.6) is 0 Å². The van der Waals surface area contributed by atoms with Crippen LogP contribution in [0, 0.1) is 5.82 Å². The highest BCUT2D eigenvalue weighted by Crippen LogP contribution is 2.13. The number of aryl methyl sites for hydroxylation is 1. The van der Waals surface area contributed by atoms with Crippen molar-refractivity contribution < 1.29 is 4.39 Å². The molecule has 0 saturated heterocycles. The van der Waals surface area contributed by atoms with Crippen molar-refractivity contribution in [1.82, 2.24) is 20.2 Å². The lowest BCUT2D eigenvalue weighted by Gasteiger charge is -2.07. The van der Waals surface area contributed by atoms with Gasteiger partial charge in [0.1, 0.15) is 5.82 Å². The van der Waals surface area contributed by atoms with Crippen molar-refractivity contribution >= 4 is 5.69 Å². The highest BCUT2D eigenvalue weighted by Gasteiger charge is 2.06. The molecule has 1 N–H and O–H groups in total. The van der Waals surface area contributed by atoms with Crippen LogP contribution in [0.3, 0.4) is 0 Å². The monoisotopic (exact) mass is 235 g/mol. The normalized spacial score (nSPS) is 10.5. The average molecular weight is 235 g/mol. The Kier molecular flexibility index (Phi) is 3.64. The molecule has 0 aliphatic rings. The molecule has 1 heterocycles. The second-order valence-corrected chi connectivity index (χ2v) is 3.65. The number of anilines is 1. The molecule has 0 bridgehead atoms. The number of nitrogens with one attached hydrogen (secondary N) is 1. The first-order chi connectivity index (χ1) is 8.31. The quantitative estimate of drug-likeness (QED) is 0.859. The number of tetrazole rings is 1. The summed E-state index contributed by atoms with van der Waals surface area (Å²) in [4.78, 5) is 0. The molecule has 0 unspecified atom stereocenters. The lowest BCUT2D eigenvalue weighted by Crippen LogP contribution is -2.10. The summed E-state index contributed by atoms with van der Waals surface area (Å²) in [6, 6.07) is 6.53. The van der Waals surface area contributed by atoms with Gasteiger partial charge in [-0.05, 0) is 29.0 Å². The predicted octanol–water partition coefficient (Wildman–Crippen LogP) is 1.83. The maximum atomic E-state index is 13.3. The molecule has 90 valence electrons. The van der Waals surface area contributed by atoms with Crippen LogP contribution in [-0.2, 0) is 13.1 Å². The topological polar surface area (TPSA) is 55.6 Å². The van der Waals surface area contributed by atoms with Gasteiger partial charge in [0.15, 0.2) is 5.82 Å². The zero-order valence-electron chi connectivity index (χ0n) is 9.60. The maximum absolute atomic E-state index is 13.3. The second kappa shape index (κ2) is 5.38. The van der Waals surface area contributed by atoms with Gasteiger partial charge in [0.25, 0.3) is 0 Å². The highest BCUT2D eigenvalue weighted by atomic mass is 19.1. The largest absolute Gasteiger partial charge is 0.375 e. The third-order valence-electron chi connectivity index (χ3n) is 2.35. The van der Waals surface area contributed by atoms with Crippen molar-refractivity contribution in [2.24, 2.45) is 0 Å². The summed E-state index contributed by atoms with van der Waals surface area (Å²) in [6.45, 7) is 3.23. The summed E-state index contributed by atoms with van der Waals surface area (Å²) in [5.41, 5.74) is 0.457. The summed E-state index contributed by atoms with van der Waals surface area (Å²) in [5, 5.41) is 14.3. The Morgan fingerprint density at radius 1 is 1.35 bits per heavy atom. The molecule has 1 aromatic carbocycles. The zero-order valence-corrected chi connectivity index (χ0v) is 9.60. The van der Waals surface area contributed by atoms with E-state index in [9.17, 15) is 4.39 Å². The number of rotatable bonds is 5. The Morgan fingerprint density at radius 3 is 2.94 bits per heavy atom. The number of aromatic nitrogens is 4. The SMILES string of the molecule is CCCn1nnnc1CNc1ccccc1F. The molecule has 0 amide bonds. The van der Waals surface area contributed by atoms with Gasteiger partial charge in [-0.25, -0.2) is 9.07 Å². The number of benzene rings is 1. The number of nitrogens with zero attached hydrogens (tertiary/aromatic N) is 4. The highest BCUT2D eigenvalue weighted by molar-refractivity contribution is 5.44. The van der Waals surface area contributed by atoms with E-state index < -0.39 is 0 Å². The minimum absolute atomic E-state index is 0.276. The summed E-state index contributed by atoms with van der Waals surface area (Å²) in [6.07, 6.45) is 0.956. The fraction of sp³-hybridized carbons (Fsp3) is 0.364. The minimum Gasteiger partial charge on any atom is -0.375 e. The van der Waals surface area contributed by atoms with Crippen molar-refractivity contribution in [2.75, 3.05) is 5.32 Å². The number of hydrogen-bond acceptors (Lipinski definition) is 4. The van der Waals surface area contributed by atoms with E-state index in [0.29, 0.717) is 18.1 Å². The van der Waals surface area contributed by atoms with Crippen LogP contribution >= 0.6 is 0 Å². The average Bonchev–Trinajstić information content (AvgIpc) is 2.76. The van der Waals surface area contributed by atoms with Gasteiger partial charge >= 0.3 is 0 Å². The Hall–Kier alpha value is -1.98. The van der Waals surface area contributed by atoms with Gasteiger partial charge in [0.2, 0.25) is 0 Å². The van der Waals surface area contributed by atoms with E-state index in [4.69, 9.17) is 0 Å². The molecule has 0 atom stereocenters. The van der Waals surface area contributed by atoms with Crippen LogP contribution in [-0.4, -0.2) is 20.2 Å². The van der Waals surface area contributed by atoms with Gasteiger partial charge in [-0.1, -0.05) is 19.1 Å². The number of hydrogen-bond donors (Lipinski definition) is 1. The van der Waals surface area contributed by atoms with Crippen LogP contribution < -0.4 is 5.32 Å². The first-order valence-electron chi connectivity index (χ1n) is 5.54. The molecule has 6 heteroatoms. The molecular weight excluding hydrogens is 221 g/mol. The summed E-state index contributed by atoms with van der Waals surface area (Å²) in [5.74, 6) is 0.428. The van der Waals surface area contributed by atoms with Crippen molar-refractivity contribution in [1.29, 1.82) is 0 Å². The van der Waals surface area contributed by atoms with E-state index in [1.54, 1.807) is 22.9 Å². The van der Waals surface area contributed by atoms with Crippen LogP contribution in [0.4, 0.5) is 10.1 Å². The van der Waals surface area contributed by atoms with Gasteiger partial charge in [0, 0.05) is 6.54 Å². The summed E-state index contributed by atoms with van der Waals surface area (Å²) >= 11 is 0.